The molecule has 0 fully saturated rings. The van der Waals surface area contributed by atoms with Crippen LogP contribution in [-0.4, -0.2) is 25.2 Å². The van der Waals surface area contributed by atoms with Crippen LogP contribution in [0.25, 0.3) is 0 Å². The summed E-state index contributed by atoms with van der Waals surface area (Å²) in [5.41, 5.74) is 0. The van der Waals surface area contributed by atoms with Crippen LogP contribution in [0.15, 0.2) is 0 Å². The Labute approximate surface area is 74.6 Å². The van der Waals surface area contributed by atoms with Gasteiger partial charge in [0.1, 0.15) is 6.10 Å². The van der Waals surface area contributed by atoms with E-state index >= 15 is 0 Å². The normalized spacial score (nSPS) is 13.1. The van der Waals surface area contributed by atoms with Gasteiger partial charge in [-0.25, -0.2) is 0 Å². The topological polar surface area (TPSA) is 42.3 Å². The zero-order valence-corrected chi connectivity index (χ0v) is 8.39. The summed E-state index contributed by atoms with van der Waals surface area (Å²) in [5.74, 6) is 0.540. The summed E-state index contributed by atoms with van der Waals surface area (Å²) < 4.78 is 10.4. The standard InChI is InChI=1S/C9H19NO2/c1-5-11-8(7(3)4)9(10)12-6-2/h7-8,10H,5-6H2,1-4H3. The zero-order valence-electron chi connectivity index (χ0n) is 8.39. The molecule has 0 amide bonds. The Hall–Kier alpha value is -0.570. The van der Waals surface area contributed by atoms with Gasteiger partial charge in [-0.05, 0) is 19.8 Å². The fourth-order valence-electron chi connectivity index (χ4n) is 0.988. The molecule has 0 aliphatic rings. The van der Waals surface area contributed by atoms with Crippen molar-refractivity contribution in [3.63, 3.8) is 0 Å². The summed E-state index contributed by atoms with van der Waals surface area (Å²) in [7, 11) is 0. The van der Waals surface area contributed by atoms with Crippen molar-refractivity contribution in [3.8, 4) is 0 Å². The molecule has 72 valence electrons. The lowest BCUT2D eigenvalue weighted by Gasteiger charge is -2.20. The van der Waals surface area contributed by atoms with Crippen molar-refractivity contribution in [2.45, 2.75) is 33.8 Å². The second-order valence-electron chi connectivity index (χ2n) is 2.92. The minimum absolute atomic E-state index is 0.185. The minimum Gasteiger partial charge on any atom is -0.480 e. The van der Waals surface area contributed by atoms with Gasteiger partial charge in [-0.3, -0.25) is 5.41 Å². The number of ether oxygens (including phenoxy) is 2. The van der Waals surface area contributed by atoms with E-state index in [9.17, 15) is 0 Å². The molecule has 0 aromatic carbocycles. The van der Waals surface area contributed by atoms with E-state index in [1.54, 1.807) is 0 Å². The maximum Gasteiger partial charge on any atom is 0.210 e. The first-order valence-corrected chi connectivity index (χ1v) is 4.46. The lowest BCUT2D eigenvalue weighted by atomic mass is 10.1. The van der Waals surface area contributed by atoms with Crippen LogP contribution in [0, 0.1) is 11.3 Å². The van der Waals surface area contributed by atoms with Crippen molar-refractivity contribution in [1.29, 1.82) is 5.41 Å². The molecule has 0 aliphatic heterocycles. The zero-order chi connectivity index (χ0) is 9.56. The highest BCUT2D eigenvalue weighted by atomic mass is 16.5. The van der Waals surface area contributed by atoms with Crippen molar-refractivity contribution in [2.75, 3.05) is 13.2 Å². The maximum absolute atomic E-state index is 7.53. The summed E-state index contributed by atoms with van der Waals surface area (Å²) in [4.78, 5) is 0. The molecule has 3 nitrogen and oxygen atoms in total. The Kier molecular flexibility index (Phi) is 5.72. The molecule has 0 rings (SSSR count). The predicted octanol–water partition coefficient (Wildman–Crippen LogP) is 2.06. The van der Waals surface area contributed by atoms with E-state index in [0.717, 1.165) is 0 Å². The molecule has 1 N–H and O–H groups in total. The van der Waals surface area contributed by atoms with Crippen LogP contribution in [0.2, 0.25) is 0 Å². The van der Waals surface area contributed by atoms with Crippen LogP contribution in [0.1, 0.15) is 27.7 Å². The molecule has 0 heterocycles. The van der Waals surface area contributed by atoms with Crippen molar-refractivity contribution >= 4 is 5.90 Å². The minimum atomic E-state index is -0.185. The Bertz CT molecular complexity index is 134. The predicted molar refractivity (Wildman–Crippen MR) is 49.6 cm³/mol. The molecular weight excluding hydrogens is 154 g/mol. The monoisotopic (exact) mass is 173 g/mol. The van der Waals surface area contributed by atoms with Gasteiger partial charge in [0.25, 0.3) is 0 Å². The molecule has 0 bridgehead atoms. The third kappa shape index (κ3) is 3.72. The first-order chi connectivity index (χ1) is 5.63. The van der Waals surface area contributed by atoms with Crippen LogP contribution in [0.4, 0.5) is 0 Å². The third-order valence-corrected chi connectivity index (χ3v) is 1.51. The van der Waals surface area contributed by atoms with Crippen LogP contribution in [0.3, 0.4) is 0 Å². The van der Waals surface area contributed by atoms with Crippen LogP contribution in [-0.2, 0) is 9.47 Å². The lowest BCUT2D eigenvalue weighted by molar-refractivity contribution is 0.0581. The first-order valence-electron chi connectivity index (χ1n) is 4.46. The fraction of sp³-hybridized carbons (Fsp3) is 0.889. The Morgan fingerprint density at radius 1 is 1.25 bits per heavy atom. The summed E-state index contributed by atoms with van der Waals surface area (Å²) in [5, 5.41) is 7.53. The van der Waals surface area contributed by atoms with E-state index in [1.165, 1.54) is 0 Å². The third-order valence-electron chi connectivity index (χ3n) is 1.51. The van der Waals surface area contributed by atoms with Crippen LogP contribution in [0.5, 0.6) is 0 Å². The molecule has 0 saturated heterocycles. The van der Waals surface area contributed by atoms with Crippen molar-refractivity contribution in [1.82, 2.24) is 0 Å². The van der Waals surface area contributed by atoms with Gasteiger partial charge in [-0.2, -0.15) is 0 Å². The number of hydrogen-bond donors (Lipinski definition) is 1. The molecule has 0 radical (unpaired) electrons. The van der Waals surface area contributed by atoms with E-state index in [0.29, 0.717) is 19.1 Å². The molecule has 0 aromatic heterocycles. The number of nitrogens with one attached hydrogen (secondary N) is 1. The molecule has 3 heteroatoms. The maximum atomic E-state index is 7.53. The van der Waals surface area contributed by atoms with Gasteiger partial charge in [0.2, 0.25) is 5.90 Å². The SMILES string of the molecule is CCOC(=N)C(OCC)C(C)C. The quantitative estimate of drug-likeness (QED) is 0.510. The van der Waals surface area contributed by atoms with Gasteiger partial charge in [0.15, 0.2) is 0 Å². The first kappa shape index (κ1) is 11.4. The average molecular weight is 173 g/mol. The summed E-state index contributed by atoms with van der Waals surface area (Å²) in [6.45, 7) is 9.00. The molecule has 1 atom stereocenters. The fourth-order valence-corrected chi connectivity index (χ4v) is 0.988. The van der Waals surface area contributed by atoms with Crippen LogP contribution >= 0.6 is 0 Å². The van der Waals surface area contributed by atoms with E-state index in [4.69, 9.17) is 14.9 Å². The Balaban J connectivity index is 4.00. The number of rotatable bonds is 5. The second kappa shape index (κ2) is 6.00. The molecule has 0 aromatic rings. The smallest absolute Gasteiger partial charge is 0.210 e. The van der Waals surface area contributed by atoms with Crippen molar-refractivity contribution < 1.29 is 9.47 Å². The van der Waals surface area contributed by atoms with Gasteiger partial charge in [0, 0.05) is 6.61 Å². The van der Waals surface area contributed by atoms with Crippen molar-refractivity contribution in [2.24, 2.45) is 5.92 Å². The Morgan fingerprint density at radius 3 is 2.17 bits per heavy atom. The van der Waals surface area contributed by atoms with Crippen LogP contribution < -0.4 is 0 Å². The number of hydrogen-bond acceptors (Lipinski definition) is 3. The highest BCUT2D eigenvalue weighted by Crippen LogP contribution is 2.08. The summed E-state index contributed by atoms with van der Waals surface area (Å²) in [6.07, 6.45) is -0.185. The molecular formula is C9H19NO2. The molecule has 1 unspecified atom stereocenters. The molecule has 0 spiro atoms. The van der Waals surface area contributed by atoms with Gasteiger partial charge in [0.05, 0.1) is 6.61 Å². The molecule has 12 heavy (non-hydrogen) atoms. The average Bonchev–Trinajstić information content (AvgIpc) is 1.99. The van der Waals surface area contributed by atoms with E-state index < -0.39 is 0 Å². The molecule has 0 saturated carbocycles. The highest BCUT2D eigenvalue weighted by Gasteiger charge is 2.19. The van der Waals surface area contributed by atoms with E-state index in [1.807, 2.05) is 27.7 Å². The van der Waals surface area contributed by atoms with E-state index in [2.05, 4.69) is 0 Å². The Morgan fingerprint density at radius 2 is 1.83 bits per heavy atom. The van der Waals surface area contributed by atoms with Gasteiger partial charge in [-0.15, -0.1) is 0 Å². The molecule has 0 aliphatic carbocycles. The largest absolute Gasteiger partial charge is 0.480 e. The lowest BCUT2D eigenvalue weighted by Crippen LogP contribution is -2.31. The second-order valence-corrected chi connectivity index (χ2v) is 2.92. The van der Waals surface area contributed by atoms with E-state index in [-0.39, 0.29) is 12.0 Å². The van der Waals surface area contributed by atoms with Crippen molar-refractivity contribution in [3.05, 3.63) is 0 Å². The van der Waals surface area contributed by atoms with Gasteiger partial charge >= 0.3 is 0 Å². The van der Waals surface area contributed by atoms with Gasteiger partial charge < -0.3 is 9.47 Å². The van der Waals surface area contributed by atoms with Gasteiger partial charge in [-0.1, -0.05) is 13.8 Å². The highest BCUT2D eigenvalue weighted by molar-refractivity contribution is 5.77. The summed E-state index contributed by atoms with van der Waals surface area (Å²) >= 11 is 0. The summed E-state index contributed by atoms with van der Waals surface area (Å²) in [6, 6.07) is 0.